The number of thioether (sulfide) groups is 1. The molecule has 0 aliphatic carbocycles. The minimum atomic E-state index is 0.236. The van der Waals surface area contributed by atoms with Gasteiger partial charge in [0.05, 0.1) is 24.1 Å². The summed E-state index contributed by atoms with van der Waals surface area (Å²) in [6, 6.07) is 12.2. The highest BCUT2D eigenvalue weighted by Crippen LogP contribution is 2.29. The van der Waals surface area contributed by atoms with E-state index in [0.717, 1.165) is 28.1 Å². The quantitative estimate of drug-likeness (QED) is 0.420. The molecule has 0 aliphatic rings. The zero-order valence-corrected chi connectivity index (χ0v) is 16.8. The van der Waals surface area contributed by atoms with Gasteiger partial charge in [-0.2, -0.15) is 4.98 Å². The fraction of sp³-hybridized carbons (Fsp3) is 0.300. The fourth-order valence-corrected chi connectivity index (χ4v) is 3.58. The fourth-order valence-electron chi connectivity index (χ4n) is 2.81. The van der Waals surface area contributed by atoms with E-state index < -0.39 is 0 Å². The third kappa shape index (κ3) is 3.87. The molecule has 0 atom stereocenters. The van der Waals surface area contributed by atoms with E-state index in [4.69, 9.17) is 8.94 Å². The molecule has 0 bridgehead atoms. The Morgan fingerprint density at radius 2 is 1.93 bits per heavy atom. The van der Waals surface area contributed by atoms with Crippen molar-refractivity contribution in [1.82, 2.24) is 24.9 Å². The molecule has 8 heteroatoms. The molecule has 7 nitrogen and oxygen atoms in total. The summed E-state index contributed by atoms with van der Waals surface area (Å²) in [6.45, 7) is 6.67. The van der Waals surface area contributed by atoms with Gasteiger partial charge < -0.3 is 8.94 Å². The van der Waals surface area contributed by atoms with Gasteiger partial charge >= 0.3 is 0 Å². The zero-order valence-electron chi connectivity index (χ0n) is 16.0. The summed E-state index contributed by atoms with van der Waals surface area (Å²) in [5.74, 6) is 3.68. The average Bonchev–Trinajstić information content (AvgIpc) is 3.41. The maximum absolute atomic E-state index is 5.47. The first-order chi connectivity index (χ1) is 13.6. The lowest BCUT2D eigenvalue weighted by Gasteiger charge is -2.09. The van der Waals surface area contributed by atoms with Crippen LogP contribution in [0.15, 0.2) is 56.8 Å². The number of nitrogens with zero attached hydrogens (tertiary/aromatic N) is 5. The smallest absolute Gasteiger partial charge is 0.237 e. The monoisotopic (exact) mass is 395 g/mol. The first-order valence-corrected chi connectivity index (χ1v) is 10.1. The van der Waals surface area contributed by atoms with Crippen molar-refractivity contribution < 1.29 is 8.94 Å². The van der Waals surface area contributed by atoms with Gasteiger partial charge in [-0.1, -0.05) is 61.1 Å². The van der Waals surface area contributed by atoms with E-state index in [2.05, 4.69) is 37.0 Å². The Hall–Kier alpha value is -2.87. The van der Waals surface area contributed by atoms with Crippen LogP contribution in [0.1, 0.15) is 42.8 Å². The average molecular weight is 395 g/mol. The zero-order chi connectivity index (χ0) is 19.5. The summed E-state index contributed by atoms with van der Waals surface area (Å²) in [6.07, 6.45) is 1.67. The number of rotatable bonds is 7. The minimum Gasteiger partial charge on any atom is -0.469 e. The molecular weight excluding hydrogens is 374 g/mol. The van der Waals surface area contributed by atoms with Gasteiger partial charge in [0, 0.05) is 5.92 Å². The Balaban J connectivity index is 1.62. The lowest BCUT2D eigenvalue weighted by Crippen LogP contribution is -2.04. The Morgan fingerprint density at radius 3 is 2.61 bits per heavy atom. The van der Waals surface area contributed by atoms with Gasteiger partial charge in [-0.25, -0.2) is 0 Å². The molecule has 4 rings (SSSR count). The molecule has 1 aromatic carbocycles. The van der Waals surface area contributed by atoms with Gasteiger partial charge in [0.2, 0.25) is 5.89 Å². The van der Waals surface area contributed by atoms with E-state index in [9.17, 15) is 0 Å². The molecule has 0 radical (unpaired) electrons. The van der Waals surface area contributed by atoms with Crippen molar-refractivity contribution in [2.24, 2.45) is 0 Å². The lowest BCUT2D eigenvalue weighted by molar-refractivity contribution is 0.382. The third-order valence-corrected chi connectivity index (χ3v) is 5.28. The summed E-state index contributed by atoms with van der Waals surface area (Å²) in [5.41, 5.74) is 2.11. The number of hydrogen-bond acceptors (Lipinski definition) is 7. The van der Waals surface area contributed by atoms with Crippen molar-refractivity contribution in [3.8, 4) is 11.4 Å². The highest BCUT2D eigenvalue weighted by molar-refractivity contribution is 7.98. The maximum atomic E-state index is 5.47. The molecule has 0 saturated carbocycles. The van der Waals surface area contributed by atoms with Crippen molar-refractivity contribution in [2.45, 2.75) is 44.1 Å². The van der Waals surface area contributed by atoms with E-state index >= 15 is 0 Å². The first kappa shape index (κ1) is 18.5. The predicted octanol–water partition coefficient (Wildman–Crippen LogP) is 4.69. The summed E-state index contributed by atoms with van der Waals surface area (Å²) >= 11 is 1.53. The van der Waals surface area contributed by atoms with Crippen LogP contribution in [0.4, 0.5) is 0 Å². The molecule has 144 valence electrons. The van der Waals surface area contributed by atoms with Crippen LogP contribution in [-0.2, 0) is 12.3 Å². The third-order valence-electron chi connectivity index (χ3n) is 4.33. The van der Waals surface area contributed by atoms with E-state index in [1.807, 2.05) is 45.0 Å². The number of benzene rings is 1. The number of furan rings is 1. The molecule has 0 spiro atoms. The number of hydrogen-bond donors (Lipinski definition) is 0. The maximum Gasteiger partial charge on any atom is 0.237 e. The summed E-state index contributed by atoms with van der Waals surface area (Å²) in [4.78, 5) is 4.44. The van der Waals surface area contributed by atoms with Crippen molar-refractivity contribution in [3.63, 3.8) is 0 Å². The molecule has 0 fully saturated rings. The molecule has 0 amide bonds. The van der Waals surface area contributed by atoms with Crippen molar-refractivity contribution in [2.75, 3.05) is 0 Å². The van der Waals surface area contributed by atoms with Gasteiger partial charge in [0.15, 0.2) is 16.8 Å². The van der Waals surface area contributed by atoms with Crippen molar-refractivity contribution in [1.29, 1.82) is 0 Å². The molecule has 3 aromatic heterocycles. The van der Waals surface area contributed by atoms with Crippen LogP contribution in [-0.4, -0.2) is 24.9 Å². The second-order valence-corrected chi connectivity index (χ2v) is 7.70. The van der Waals surface area contributed by atoms with E-state index in [1.165, 1.54) is 17.3 Å². The lowest BCUT2D eigenvalue weighted by atomic mass is 10.2. The van der Waals surface area contributed by atoms with Gasteiger partial charge in [0.1, 0.15) is 5.76 Å². The molecule has 0 unspecified atom stereocenters. The van der Waals surface area contributed by atoms with Crippen LogP contribution in [0.3, 0.4) is 0 Å². The largest absolute Gasteiger partial charge is 0.469 e. The minimum absolute atomic E-state index is 0.236. The topological polar surface area (TPSA) is 82.8 Å². The summed E-state index contributed by atoms with van der Waals surface area (Å²) in [5, 5.41) is 13.7. The van der Waals surface area contributed by atoms with Crippen LogP contribution >= 0.6 is 11.8 Å². The van der Waals surface area contributed by atoms with Crippen LogP contribution in [0.25, 0.3) is 11.4 Å². The van der Waals surface area contributed by atoms with Gasteiger partial charge in [-0.3, -0.25) is 4.57 Å². The molecule has 0 saturated heterocycles. The molecule has 4 aromatic rings. The molecule has 28 heavy (non-hydrogen) atoms. The normalized spacial score (nSPS) is 11.4. The van der Waals surface area contributed by atoms with Gasteiger partial charge in [0.25, 0.3) is 0 Å². The molecular formula is C20H21N5O2S. The van der Waals surface area contributed by atoms with E-state index in [-0.39, 0.29) is 5.92 Å². The standard InChI is InChI=1S/C20H21N5O2S/c1-13(2)18-21-17(27-24-18)12-28-20-23-22-19(16-9-10-26-14(16)3)25(20)11-15-7-5-4-6-8-15/h4-10,13H,11-12H2,1-3H3. The summed E-state index contributed by atoms with van der Waals surface area (Å²) in [7, 11) is 0. The second kappa shape index (κ2) is 8.02. The Kier molecular flexibility index (Phi) is 5.29. The van der Waals surface area contributed by atoms with Crippen molar-refractivity contribution >= 4 is 11.8 Å². The summed E-state index contributed by atoms with van der Waals surface area (Å²) < 4.78 is 12.9. The Bertz CT molecular complexity index is 1050. The Labute approximate surface area is 167 Å². The second-order valence-electron chi connectivity index (χ2n) is 6.76. The van der Waals surface area contributed by atoms with Crippen LogP contribution in [0.5, 0.6) is 0 Å². The van der Waals surface area contributed by atoms with E-state index in [0.29, 0.717) is 18.2 Å². The highest BCUT2D eigenvalue weighted by Gasteiger charge is 2.19. The molecule has 3 heterocycles. The molecule has 0 aliphatic heterocycles. The van der Waals surface area contributed by atoms with Gasteiger partial charge in [-0.15, -0.1) is 10.2 Å². The van der Waals surface area contributed by atoms with Crippen LogP contribution in [0.2, 0.25) is 0 Å². The highest BCUT2D eigenvalue weighted by atomic mass is 32.2. The number of aryl methyl sites for hydroxylation is 1. The van der Waals surface area contributed by atoms with Crippen LogP contribution < -0.4 is 0 Å². The van der Waals surface area contributed by atoms with Crippen molar-refractivity contribution in [3.05, 3.63) is 65.7 Å². The SMILES string of the molecule is Cc1occc1-c1nnc(SCc2nc(C(C)C)no2)n1Cc1ccccc1. The Morgan fingerprint density at radius 1 is 1.11 bits per heavy atom. The van der Waals surface area contributed by atoms with Gasteiger partial charge in [-0.05, 0) is 18.6 Å². The molecule has 0 N–H and O–H groups in total. The van der Waals surface area contributed by atoms with E-state index in [1.54, 1.807) is 6.26 Å². The number of aromatic nitrogens is 5. The predicted molar refractivity (Wildman–Crippen MR) is 106 cm³/mol. The van der Waals surface area contributed by atoms with Crippen LogP contribution in [0, 0.1) is 6.92 Å². The first-order valence-electron chi connectivity index (χ1n) is 9.08.